The molecule has 0 aliphatic rings. The molecule has 4 aromatic rings. The van der Waals surface area contributed by atoms with Gasteiger partial charge in [0, 0.05) is 16.8 Å². The summed E-state index contributed by atoms with van der Waals surface area (Å²) in [6, 6.07) is 19.1. The second-order valence-corrected chi connectivity index (χ2v) is 6.61. The molecular formula is C24H17FN2O4. The summed E-state index contributed by atoms with van der Waals surface area (Å²) in [5.74, 6) is -0.424. The van der Waals surface area contributed by atoms with Gasteiger partial charge >= 0.3 is 5.97 Å². The van der Waals surface area contributed by atoms with E-state index in [1.165, 1.54) is 25.4 Å². The number of nitrogens with one attached hydrogen (secondary N) is 1. The monoisotopic (exact) mass is 416 g/mol. The Hall–Kier alpha value is -4.26. The van der Waals surface area contributed by atoms with Crippen molar-refractivity contribution in [2.75, 3.05) is 12.4 Å². The summed E-state index contributed by atoms with van der Waals surface area (Å²) in [6.45, 7) is 0. The number of carbonyl (C=O) groups excluding carboxylic acids is 2. The van der Waals surface area contributed by atoms with E-state index >= 15 is 0 Å². The molecule has 154 valence electrons. The van der Waals surface area contributed by atoms with Gasteiger partial charge in [-0.3, -0.25) is 4.79 Å². The minimum atomic E-state index is -0.455. The molecule has 0 fully saturated rings. The molecule has 0 saturated heterocycles. The van der Waals surface area contributed by atoms with Crippen LogP contribution in [0.25, 0.3) is 22.8 Å². The zero-order valence-electron chi connectivity index (χ0n) is 16.5. The number of methoxy groups -OCH3 is 1. The first kappa shape index (κ1) is 20.0. The number of rotatable bonds is 5. The van der Waals surface area contributed by atoms with Crippen LogP contribution in [0.1, 0.15) is 20.7 Å². The van der Waals surface area contributed by atoms with E-state index in [-0.39, 0.29) is 17.6 Å². The fourth-order valence-electron chi connectivity index (χ4n) is 3.02. The fourth-order valence-corrected chi connectivity index (χ4v) is 3.02. The van der Waals surface area contributed by atoms with E-state index in [1.54, 1.807) is 60.7 Å². The second kappa shape index (κ2) is 8.62. The molecule has 3 aromatic carbocycles. The van der Waals surface area contributed by atoms with Crippen LogP contribution in [0.3, 0.4) is 0 Å². The predicted octanol–water partition coefficient (Wildman–Crippen LogP) is 5.19. The Kier molecular flexibility index (Phi) is 5.57. The minimum Gasteiger partial charge on any atom is -0.465 e. The molecule has 0 atom stereocenters. The van der Waals surface area contributed by atoms with Crippen molar-refractivity contribution in [1.29, 1.82) is 0 Å². The predicted molar refractivity (Wildman–Crippen MR) is 113 cm³/mol. The van der Waals surface area contributed by atoms with E-state index < -0.39 is 5.97 Å². The Balaban J connectivity index is 1.58. The molecule has 1 N–H and O–H groups in total. The van der Waals surface area contributed by atoms with Crippen molar-refractivity contribution in [3.63, 3.8) is 0 Å². The van der Waals surface area contributed by atoms with Crippen molar-refractivity contribution in [3.05, 3.63) is 95.9 Å². The molecule has 0 aliphatic heterocycles. The van der Waals surface area contributed by atoms with Gasteiger partial charge in [0.05, 0.1) is 24.4 Å². The van der Waals surface area contributed by atoms with Gasteiger partial charge < -0.3 is 14.5 Å². The molecule has 31 heavy (non-hydrogen) atoms. The third-order valence-corrected chi connectivity index (χ3v) is 4.60. The molecule has 1 aromatic heterocycles. The van der Waals surface area contributed by atoms with Gasteiger partial charge in [0.15, 0.2) is 5.76 Å². The topological polar surface area (TPSA) is 81.4 Å². The number of oxazole rings is 1. The molecule has 1 amide bonds. The van der Waals surface area contributed by atoms with Gasteiger partial charge in [-0.05, 0) is 60.7 Å². The smallest absolute Gasteiger partial charge is 0.337 e. The first-order chi connectivity index (χ1) is 15.0. The molecule has 4 rings (SSSR count). The molecular weight excluding hydrogens is 399 g/mol. The summed E-state index contributed by atoms with van der Waals surface area (Å²) in [7, 11) is 1.30. The number of anilines is 1. The van der Waals surface area contributed by atoms with Crippen LogP contribution >= 0.6 is 0 Å². The van der Waals surface area contributed by atoms with Crippen LogP contribution in [0.4, 0.5) is 10.1 Å². The van der Waals surface area contributed by atoms with E-state index in [4.69, 9.17) is 4.42 Å². The lowest BCUT2D eigenvalue weighted by molar-refractivity contribution is 0.0600. The summed E-state index contributed by atoms with van der Waals surface area (Å²) >= 11 is 0. The highest BCUT2D eigenvalue weighted by Gasteiger charge is 2.17. The number of aromatic nitrogens is 1. The van der Waals surface area contributed by atoms with E-state index in [2.05, 4.69) is 15.0 Å². The highest BCUT2D eigenvalue weighted by Crippen LogP contribution is 2.29. The molecule has 7 heteroatoms. The number of nitrogens with zero attached hydrogens (tertiary/aromatic N) is 1. The largest absolute Gasteiger partial charge is 0.465 e. The number of hydrogen-bond donors (Lipinski definition) is 1. The third kappa shape index (κ3) is 4.35. The number of halogens is 1. The quantitative estimate of drug-likeness (QED) is 0.453. The molecule has 0 saturated carbocycles. The maximum absolute atomic E-state index is 13.2. The zero-order valence-corrected chi connectivity index (χ0v) is 16.5. The average molecular weight is 416 g/mol. The van der Waals surface area contributed by atoms with Crippen LogP contribution < -0.4 is 5.32 Å². The Morgan fingerprint density at radius 3 is 2.39 bits per heavy atom. The van der Waals surface area contributed by atoms with Crippen LogP contribution in [0.5, 0.6) is 0 Å². The molecule has 0 unspecified atom stereocenters. The van der Waals surface area contributed by atoms with Gasteiger partial charge in [-0.2, -0.15) is 0 Å². The van der Waals surface area contributed by atoms with E-state index in [1.807, 2.05) is 0 Å². The van der Waals surface area contributed by atoms with Gasteiger partial charge in [0.2, 0.25) is 5.89 Å². The van der Waals surface area contributed by atoms with E-state index in [0.717, 1.165) is 0 Å². The van der Waals surface area contributed by atoms with Crippen molar-refractivity contribution in [2.24, 2.45) is 0 Å². The number of benzene rings is 3. The molecule has 0 spiro atoms. The summed E-state index contributed by atoms with van der Waals surface area (Å²) in [6.07, 6.45) is 1.53. The first-order valence-electron chi connectivity index (χ1n) is 9.36. The third-order valence-electron chi connectivity index (χ3n) is 4.60. The van der Waals surface area contributed by atoms with E-state index in [9.17, 15) is 14.0 Å². The van der Waals surface area contributed by atoms with Gasteiger partial charge in [-0.1, -0.05) is 12.1 Å². The zero-order chi connectivity index (χ0) is 21.8. The molecule has 0 bridgehead atoms. The highest BCUT2D eigenvalue weighted by molar-refractivity contribution is 6.08. The summed E-state index contributed by atoms with van der Waals surface area (Å²) in [4.78, 5) is 28.7. The van der Waals surface area contributed by atoms with Gasteiger partial charge in [-0.25, -0.2) is 14.2 Å². The van der Waals surface area contributed by atoms with Crippen LogP contribution in [0.15, 0.2) is 83.4 Å². The molecule has 0 radical (unpaired) electrons. The number of ether oxygens (including phenoxy) is 1. The highest BCUT2D eigenvalue weighted by atomic mass is 19.1. The maximum Gasteiger partial charge on any atom is 0.337 e. The Morgan fingerprint density at radius 1 is 0.968 bits per heavy atom. The van der Waals surface area contributed by atoms with Gasteiger partial charge in [0.1, 0.15) is 5.82 Å². The normalized spacial score (nSPS) is 10.5. The van der Waals surface area contributed by atoms with Crippen molar-refractivity contribution >= 4 is 17.6 Å². The minimum absolute atomic E-state index is 0.270. The lowest BCUT2D eigenvalue weighted by atomic mass is 10.1. The number of amides is 1. The van der Waals surface area contributed by atoms with Crippen molar-refractivity contribution in [2.45, 2.75) is 0 Å². The Bertz CT molecular complexity index is 1230. The number of hydrogen-bond acceptors (Lipinski definition) is 5. The first-order valence-corrected chi connectivity index (χ1v) is 9.36. The Labute approximate surface area is 177 Å². The van der Waals surface area contributed by atoms with Gasteiger partial charge in [0.25, 0.3) is 5.91 Å². The van der Waals surface area contributed by atoms with E-state index in [0.29, 0.717) is 33.7 Å². The lowest BCUT2D eigenvalue weighted by Gasteiger charge is -2.09. The second-order valence-electron chi connectivity index (χ2n) is 6.61. The van der Waals surface area contributed by atoms with Crippen LogP contribution in [0, 0.1) is 5.82 Å². The van der Waals surface area contributed by atoms with Crippen LogP contribution in [-0.2, 0) is 4.74 Å². The van der Waals surface area contributed by atoms with Gasteiger partial charge in [-0.15, -0.1) is 0 Å². The van der Waals surface area contributed by atoms with Crippen molar-refractivity contribution < 1.29 is 23.1 Å². The SMILES string of the molecule is COC(=O)c1ccc(NC(=O)c2ccccc2-c2ncc(-c3ccc(F)cc3)o2)cc1. The maximum atomic E-state index is 13.2. The van der Waals surface area contributed by atoms with Crippen molar-refractivity contribution in [3.8, 4) is 22.8 Å². The average Bonchev–Trinajstić information content (AvgIpc) is 3.29. The number of carbonyl (C=O) groups is 2. The number of esters is 1. The summed E-state index contributed by atoms with van der Waals surface area (Å²) < 4.78 is 23.7. The molecule has 6 nitrogen and oxygen atoms in total. The standard InChI is InChI=1S/C24H17FN2O4/c1-30-24(29)16-8-12-18(13-9-16)27-22(28)19-4-2-3-5-20(19)23-26-14-21(31-23)15-6-10-17(25)11-7-15/h2-14H,1H3,(H,27,28). The van der Waals surface area contributed by atoms with Crippen molar-refractivity contribution in [1.82, 2.24) is 4.98 Å². The van der Waals surface area contributed by atoms with Crippen LogP contribution in [-0.4, -0.2) is 24.0 Å². The molecule has 1 heterocycles. The fraction of sp³-hybridized carbons (Fsp3) is 0.0417. The lowest BCUT2D eigenvalue weighted by Crippen LogP contribution is -2.13. The summed E-state index contributed by atoms with van der Waals surface area (Å²) in [5, 5.41) is 2.80. The Morgan fingerprint density at radius 2 is 1.68 bits per heavy atom. The van der Waals surface area contributed by atoms with Crippen LogP contribution in [0.2, 0.25) is 0 Å². The summed E-state index contributed by atoms with van der Waals surface area (Å²) in [5.41, 5.74) is 2.46. The molecule has 0 aliphatic carbocycles.